The molecule has 0 aliphatic rings. The minimum absolute atomic E-state index is 0.0510. The molecular weight excluding hydrogens is 240 g/mol. The van der Waals surface area contributed by atoms with Crippen LogP contribution in [0.15, 0.2) is 0 Å². The summed E-state index contributed by atoms with van der Waals surface area (Å²) < 4.78 is 22.3. The van der Waals surface area contributed by atoms with Crippen LogP contribution >= 0.6 is 0 Å². The van der Waals surface area contributed by atoms with E-state index >= 15 is 0 Å². The van der Waals surface area contributed by atoms with Gasteiger partial charge in [-0.15, -0.1) is 0 Å². The Balaban J connectivity index is 2.89. The van der Waals surface area contributed by atoms with E-state index < -0.39 is 9.84 Å². The van der Waals surface area contributed by atoms with Gasteiger partial charge in [0.05, 0.1) is 5.75 Å². The fraction of sp³-hybridized carbons (Fsp3) is 0.600. The number of anilines is 2. The SMILES string of the molecule is Cc1nc(N)c(C)c(NC(C)CS(C)(=O)=O)n1. The first-order chi connectivity index (χ1) is 7.69. The van der Waals surface area contributed by atoms with Crippen LogP contribution in [0, 0.1) is 13.8 Å². The van der Waals surface area contributed by atoms with Crippen LogP contribution in [0.3, 0.4) is 0 Å². The minimum Gasteiger partial charge on any atom is -0.383 e. The predicted molar refractivity (Wildman–Crippen MR) is 68.7 cm³/mol. The van der Waals surface area contributed by atoms with Gasteiger partial charge in [-0.05, 0) is 20.8 Å². The fourth-order valence-corrected chi connectivity index (χ4v) is 2.51. The molecular formula is C10H18N4O2S. The van der Waals surface area contributed by atoms with Crippen molar-refractivity contribution in [3.05, 3.63) is 11.4 Å². The van der Waals surface area contributed by atoms with E-state index in [9.17, 15) is 8.42 Å². The molecule has 0 aromatic carbocycles. The Morgan fingerprint density at radius 2 is 1.94 bits per heavy atom. The van der Waals surface area contributed by atoms with Crippen molar-refractivity contribution in [2.75, 3.05) is 23.1 Å². The Bertz CT molecular complexity index is 513. The molecule has 1 atom stereocenters. The normalized spacial score (nSPS) is 13.4. The summed E-state index contributed by atoms with van der Waals surface area (Å²) in [7, 11) is -3.01. The summed E-state index contributed by atoms with van der Waals surface area (Å²) in [5.41, 5.74) is 6.45. The summed E-state index contributed by atoms with van der Waals surface area (Å²) in [4.78, 5) is 8.23. The van der Waals surface area contributed by atoms with E-state index in [1.807, 2.05) is 0 Å². The lowest BCUT2D eigenvalue weighted by molar-refractivity contribution is 0.598. The Morgan fingerprint density at radius 1 is 1.35 bits per heavy atom. The second-order valence-corrected chi connectivity index (χ2v) is 6.45. The highest BCUT2D eigenvalue weighted by Gasteiger charge is 2.13. The lowest BCUT2D eigenvalue weighted by Crippen LogP contribution is -2.26. The first kappa shape index (κ1) is 13.7. The zero-order valence-corrected chi connectivity index (χ0v) is 11.3. The Kier molecular flexibility index (Phi) is 3.92. The molecule has 6 nitrogen and oxygen atoms in total. The van der Waals surface area contributed by atoms with Crippen molar-refractivity contribution in [3.63, 3.8) is 0 Å². The number of nitrogen functional groups attached to an aromatic ring is 1. The van der Waals surface area contributed by atoms with Crippen molar-refractivity contribution in [1.82, 2.24) is 9.97 Å². The molecule has 17 heavy (non-hydrogen) atoms. The summed E-state index contributed by atoms with van der Waals surface area (Å²) >= 11 is 0. The highest BCUT2D eigenvalue weighted by molar-refractivity contribution is 7.90. The fourth-order valence-electron chi connectivity index (χ4n) is 1.52. The summed E-state index contributed by atoms with van der Waals surface area (Å²) in [5.74, 6) is 1.61. The molecule has 1 unspecified atom stereocenters. The average Bonchev–Trinajstić information content (AvgIpc) is 2.10. The Labute approximate surface area is 102 Å². The van der Waals surface area contributed by atoms with Crippen molar-refractivity contribution in [2.45, 2.75) is 26.8 Å². The number of sulfone groups is 1. The molecule has 0 spiro atoms. The van der Waals surface area contributed by atoms with Gasteiger partial charge in [0.1, 0.15) is 27.3 Å². The van der Waals surface area contributed by atoms with Gasteiger partial charge in [0.25, 0.3) is 0 Å². The molecule has 0 radical (unpaired) electrons. The molecule has 1 heterocycles. The first-order valence-electron chi connectivity index (χ1n) is 5.24. The van der Waals surface area contributed by atoms with Gasteiger partial charge < -0.3 is 11.1 Å². The van der Waals surface area contributed by atoms with E-state index in [0.717, 1.165) is 5.56 Å². The van der Waals surface area contributed by atoms with Gasteiger partial charge in [-0.1, -0.05) is 0 Å². The molecule has 1 aromatic heterocycles. The average molecular weight is 258 g/mol. The van der Waals surface area contributed by atoms with E-state index in [2.05, 4.69) is 15.3 Å². The molecule has 1 aromatic rings. The molecule has 96 valence electrons. The first-order valence-corrected chi connectivity index (χ1v) is 7.30. The molecule has 0 saturated carbocycles. The van der Waals surface area contributed by atoms with E-state index in [1.54, 1.807) is 20.8 Å². The van der Waals surface area contributed by atoms with Gasteiger partial charge in [-0.25, -0.2) is 18.4 Å². The van der Waals surface area contributed by atoms with Crippen molar-refractivity contribution in [2.24, 2.45) is 0 Å². The third-order valence-electron chi connectivity index (χ3n) is 2.23. The smallest absolute Gasteiger partial charge is 0.149 e. The molecule has 0 aliphatic carbocycles. The maximum absolute atomic E-state index is 11.2. The van der Waals surface area contributed by atoms with Crippen LogP contribution in [0.4, 0.5) is 11.6 Å². The Morgan fingerprint density at radius 3 is 2.47 bits per heavy atom. The van der Waals surface area contributed by atoms with Crippen LogP contribution in [0.1, 0.15) is 18.3 Å². The lowest BCUT2D eigenvalue weighted by atomic mass is 10.3. The van der Waals surface area contributed by atoms with E-state index in [4.69, 9.17) is 5.73 Å². The highest BCUT2D eigenvalue weighted by Crippen LogP contribution is 2.17. The number of hydrogen-bond donors (Lipinski definition) is 2. The van der Waals surface area contributed by atoms with Gasteiger partial charge in [0.15, 0.2) is 0 Å². The maximum Gasteiger partial charge on any atom is 0.149 e. The van der Waals surface area contributed by atoms with Crippen molar-refractivity contribution in [3.8, 4) is 0 Å². The summed E-state index contributed by atoms with van der Waals surface area (Å²) in [5, 5.41) is 3.04. The molecule has 0 saturated heterocycles. The second-order valence-electron chi connectivity index (χ2n) is 4.27. The number of aryl methyl sites for hydroxylation is 1. The number of nitrogens with one attached hydrogen (secondary N) is 1. The monoisotopic (exact) mass is 258 g/mol. The van der Waals surface area contributed by atoms with Gasteiger partial charge in [-0.2, -0.15) is 0 Å². The maximum atomic E-state index is 11.2. The van der Waals surface area contributed by atoms with E-state index in [-0.39, 0.29) is 11.8 Å². The van der Waals surface area contributed by atoms with Crippen LogP contribution in [-0.2, 0) is 9.84 Å². The zero-order valence-electron chi connectivity index (χ0n) is 10.5. The zero-order chi connectivity index (χ0) is 13.2. The van der Waals surface area contributed by atoms with Gasteiger partial charge in [0, 0.05) is 17.9 Å². The van der Waals surface area contributed by atoms with Gasteiger partial charge >= 0.3 is 0 Å². The third-order valence-corrected chi connectivity index (χ3v) is 3.34. The van der Waals surface area contributed by atoms with Crippen LogP contribution < -0.4 is 11.1 Å². The number of nitrogens with two attached hydrogens (primary N) is 1. The van der Waals surface area contributed by atoms with Crippen molar-refractivity contribution >= 4 is 21.5 Å². The van der Waals surface area contributed by atoms with Crippen LogP contribution in [0.2, 0.25) is 0 Å². The highest BCUT2D eigenvalue weighted by atomic mass is 32.2. The molecule has 7 heteroatoms. The molecule has 0 fully saturated rings. The minimum atomic E-state index is -3.01. The summed E-state index contributed by atoms with van der Waals surface area (Å²) in [6, 6.07) is -0.225. The van der Waals surface area contributed by atoms with Crippen LogP contribution in [-0.4, -0.2) is 36.4 Å². The van der Waals surface area contributed by atoms with E-state index in [0.29, 0.717) is 17.5 Å². The molecule has 0 bridgehead atoms. The van der Waals surface area contributed by atoms with Crippen molar-refractivity contribution in [1.29, 1.82) is 0 Å². The quantitative estimate of drug-likeness (QED) is 0.817. The summed E-state index contributed by atoms with van der Waals surface area (Å²) in [6.45, 7) is 5.32. The molecule has 0 aliphatic heterocycles. The predicted octanol–water partition coefficient (Wildman–Crippen LogP) is 0.521. The second kappa shape index (κ2) is 4.87. The largest absolute Gasteiger partial charge is 0.383 e. The standard InChI is InChI=1S/C10H18N4O2S/c1-6(5-17(4,15)16)12-10-7(2)9(11)13-8(3)14-10/h6H,5H2,1-4H3,(H3,11,12,13,14). The topological polar surface area (TPSA) is 98.0 Å². The van der Waals surface area contributed by atoms with Crippen LogP contribution in [0.5, 0.6) is 0 Å². The number of aromatic nitrogens is 2. The Hall–Kier alpha value is -1.37. The number of hydrogen-bond acceptors (Lipinski definition) is 6. The lowest BCUT2D eigenvalue weighted by Gasteiger charge is -2.16. The van der Waals surface area contributed by atoms with E-state index in [1.165, 1.54) is 6.26 Å². The molecule has 0 amide bonds. The van der Waals surface area contributed by atoms with Gasteiger partial charge in [0.2, 0.25) is 0 Å². The molecule has 3 N–H and O–H groups in total. The van der Waals surface area contributed by atoms with Gasteiger partial charge in [-0.3, -0.25) is 0 Å². The summed E-state index contributed by atoms with van der Waals surface area (Å²) in [6.07, 6.45) is 1.21. The number of nitrogens with zero attached hydrogens (tertiary/aromatic N) is 2. The third kappa shape index (κ3) is 4.18. The number of rotatable bonds is 4. The molecule has 1 rings (SSSR count). The van der Waals surface area contributed by atoms with Crippen LogP contribution in [0.25, 0.3) is 0 Å². The van der Waals surface area contributed by atoms with Crippen molar-refractivity contribution < 1.29 is 8.42 Å².